The summed E-state index contributed by atoms with van der Waals surface area (Å²) in [4.78, 5) is 34.1. The van der Waals surface area contributed by atoms with E-state index in [1.807, 2.05) is 0 Å². The van der Waals surface area contributed by atoms with Crippen molar-refractivity contribution in [2.24, 2.45) is 5.10 Å². The van der Waals surface area contributed by atoms with E-state index < -0.39 is 17.8 Å². The molecule has 128 valence electrons. The molecule has 0 bridgehead atoms. The Bertz CT molecular complexity index is 851. The molecule has 0 aliphatic heterocycles. The van der Waals surface area contributed by atoms with Crippen molar-refractivity contribution in [2.45, 2.75) is 0 Å². The van der Waals surface area contributed by atoms with Gasteiger partial charge in [-0.25, -0.2) is 10.2 Å². The molecule has 0 aliphatic rings. The maximum atomic E-state index is 11.7. The number of amides is 2. The predicted octanol–water partition coefficient (Wildman–Crippen LogP) is 2.78. The number of nitrogens with zero attached hydrogens (tertiary/aromatic N) is 1. The minimum atomic E-state index is -1.05. The minimum Gasteiger partial charge on any atom is -0.478 e. The number of halogens is 2. The second-order valence-corrected chi connectivity index (χ2v) is 5.52. The number of aromatic carboxylic acids is 1. The van der Waals surface area contributed by atoms with E-state index in [4.69, 9.17) is 28.3 Å². The van der Waals surface area contributed by atoms with E-state index in [2.05, 4.69) is 15.8 Å². The van der Waals surface area contributed by atoms with E-state index >= 15 is 0 Å². The van der Waals surface area contributed by atoms with Gasteiger partial charge in [0.05, 0.1) is 21.8 Å². The molecule has 0 unspecified atom stereocenters. The van der Waals surface area contributed by atoms with Gasteiger partial charge in [-0.2, -0.15) is 5.10 Å². The van der Waals surface area contributed by atoms with Crippen LogP contribution in [0, 0.1) is 0 Å². The Labute approximate surface area is 152 Å². The van der Waals surface area contributed by atoms with Gasteiger partial charge in [0.15, 0.2) is 0 Å². The fourth-order valence-corrected chi connectivity index (χ4v) is 1.99. The third kappa shape index (κ3) is 5.30. The molecule has 2 rings (SSSR count). The standard InChI is InChI=1S/C16H11Cl2N3O4/c17-12-6-5-11(7-13(12)18)20-14(22)15(23)21-19-8-9-1-3-10(4-2-9)16(24)25/h1-8H,(H,20,22)(H,21,23)(H,24,25). The van der Waals surface area contributed by atoms with Gasteiger partial charge in [-0.15, -0.1) is 0 Å². The van der Waals surface area contributed by atoms with Crippen molar-refractivity contribution in [1.82, 2.24) is 5.43 Å². The highest BCUT2D eigenvalue weighted by Gasteiger charge is 2.13. The number of nitrogens with one attached hydrogen (secondary N) is 2. The Morgan fingerprint density at radius 1 is 0.960 bits per heavy atom. The van der Waals surface area contributed by atoms with Crippen molar-refractivity contribution in [3.8, 4) is 0 Å². The first-order valence-electron chi connectivity index (χ1n) is 6.79. The number of anilines is 1. The highest BCUT2D eigenvalue weighted by molar-refractivity contribution is 6.42. The lowest BCUT2D eigenvalue weighted by Gasteiger charge is -2.05. The van der Waals surface area contributed by atoms with Gasteiger partial charge in [0.25, 0.3) is 0 Å². The average Bonchev–Trinajstić information content (AvgIpc) is 2.58. The Kier molecular flexibility index (Phi) is 6.10. The van der Waals surface area contributed by atoms with Crippen molar-refractivity contribution in [3.63, 3.8) is 0 Å². The number of carboxylic acids is 1. The number of carboxylic acid groups (broad SMARTS) is 1. The summed E-state index contributed by atoms with van der Waals surface area (Å²) < 4.78 is 0. The van der Waals surface area contributed by atoms with Crippen LogP contribution < -0.4 is 10.7 Å². The Balaban J connectivity index is 1.91. The van der Waals surface area contributed by atoms with Crippen LogP contribution in [0.4, 0.5) is 5.69 Å². The molecule has 2 amide bonds. The molecule has 2 aromatic carbocycles. The quantitative estimate of drug-likeness (QED) is 0.431. The van der Waals surface area contributed by atoms with E-state index in [1.54, 1.807) is 0 Å². The normalized spacial score (nSPS) is 10.5. The molecule has 0 saturated carbocycles. The first-order valence-corrected chi connectivity index (χ1v) is 7.55. The third-order valence-electron chi connectivity index (χ3n) is 2.92. The smallest absolute Gasteiger partial charge is 0.335 e. The molecule has 0 spiro atoms. The highest BCUT2D eigenvalue weighted by atomic mass is 35.5. The van der Waals surface area contributed by atoms with Crippen LogP contribution in [0.3, 0.4) is 0 Å². The molecular weight excluding hydrogens is 369 g/mol. The van der Waals surface area contributed by atoms with Crippen LogP contribution >= 0.6 is 23.2 Å². The number of carbonyl (C=O) groups excluding carboxylic acids is 2. The lowest BCUT2D eigenvalue weighted by atomic mass is 10.1. The van der Waals surface area contributed by atoms with E-state index in [0.717, 1.165) is 0 Å². The Morgan fingerprint density at radius 2 is 1.64 bits per heavy atom. The SMILES string of the molecule is O=C(NN=Cc1ccc(C(=O)O)cc1)C(=O)Nc1ccc(Cl)c(Cl)c1. The maximum Gasteiger partial charge on any atom is 0.335 e. The minimum absolute atomic E-state index is 0.127. The molecule has 0 atom stereocenters. The van der Waals surface area contributed by atoms with Crippen molar-refractivity contribution in [1.29, 1.82) is 0 Å². The van der Waals surface area contributed by atoms with E-state index in [0.29, 0.717) is 16.3 Å². The molecule has 9 heteroatoms. The zero-order valence-corrected chi connectivity index (χ0v) is 14.0. The van der Waals surface area contributed by atoms with Crippen LogP contribution in [0.1, 0.15) is 15.9 Å². The topological polar surface area (TPSA) is 108 Å². The zero-order valence-electron chi connectivity index (χ0n) is 12.5. The predicted molar refractivity (Wildman–Crippen MR) is 94.2 cm³/mol. The molecule has 0 aliphatic carbocycles. The van der Waals surface area contributed by atoms with Gasteiger partial charge in [-0.1, -0.05) is 35.3 Å². The number of carbonyl (C=O) groups is 3. The largest absolute Gasteiger partial charge is 0.478 e. The molecule has 0 radical (unpaired) electrons. The van der Waals surface area contributed by atoms with Gasteiger partial charge < -0.3 is 10.4 Å². The summed E-state index contributed by atoms with van der Waals surface area (Å²) in [6.07, 6.45) is 1.27. The van der Waals surface area contributed by atoms with Crippen LogP contribution in [-0.2, 0) is 9.59 Å². The molecule has 3 N–H and O–H groups in total. The monoisotopic (exact) mass is 379 g/mol. The second kappa shape index (κ2) is 8.27. The van der Waals surface area contributed by atoms with Gasteiger partial charge >= 0.3 is 17.8 Å². The Hall–Kier alpha value is -2.90. The average molecular weight is 380 g/mol. The van der Waals surface area contributed by atoms with Crippen molar-refractivity contribution in [3.05, 3.63) is 63.6 Å². The number of rotatable bonds is 4. The van der Waals surface area contributed by atoms with Crippen molar-refractivity contribution >= 4 is 52.9 Å². The summed E-state index contributed by atoms with van der Waals surface area (Å²) in [5.74, 6) is -2.96. The lowest BCUT2D eigenvalue weighted by molar-refractivity contribution is -0.136. The maximum absolute atomic E-state index is 11.7. The molecular formula is C16H11Cl2N3O4. The van der Waals surface area contributed by atoms with E-state index in [1.165, 1.54) is 48.7 Å². The van der Waals surface area contributed by atoms with E-state index in [9.17, 15) is 14.4 Å². The first-order chi connectivity index (χ1) is 11.9. The van der Waals surface area contributed by atoms with Gasteiger partial charge in [-0.3, -0.25) is 9.59 Å². The number of hydrazone groups is 1. The van der Waals surface area contributed by atoms with Crippen LogP contribution in [0.2, 0.25) is 10.0 Å². The molecule has 0 aromatic heterocycles. The molecule has 7 nitrogen and oxygen atoms in total. The summed E-state index contributed by atoms with van der Waals surface area (Å²) >= 11 is 11.6. The fourth-order valence-electron chi connectivity index (χ4n) is 1.69. The number of benzene rings is 2. The van der Waals surface area contributed by atoms with Crippen molar-refractivity contribution < 1.29 is 19.5 Å². The molecule has 0 fully saturated rings. The second-order valence-electron chi connectivity index (χ2n) is 4.71. The van der Waals surface area contributed by atoms with Crippen LogP contribution in [0.5, 0.6) is 0 Å². The first kappa shape index (κ1) is 18.4. The van der Waals surface area contributed by atoms with Crippen LogP contribution in [-0.4, -0.2) is 29.1 Å². The van der Waals surface area contributed by atoms with Crippen LogP contribution in [0.25, 0.3) is 0 Å². The van der Waals surface area contributed by atoms with Crippen molar-refractivity contribution in [2.75, 3.05) is 5.32 Å². The summed E-state index contributed by atoms with van der Waals surface area (Å²) in [5.41, 5.74) is 3.04. The molecule has 25 heavy (non-hydrogen) atoms. The summed E-state index contributed by atoms with van der Waals surface area (Å²) in [5, 5.41) is 15.3. The van der Waals surface area contributed by atoms with Gasteiger partial charge in [0.1, 0.15) is 0 Å². The third-order valence-corrected chi connectivity index (χ3v) is 3.66. The number of hydrogen-bond acceptors (Lipinski definition) is 4. The van der Waals surface area contributed by atoms with Gasteiger partial charge in [-0.05, 0) is 35.9 Å². The number of hydrogen-bond donors (Lipinski definition) is 3. The van der Waals surface area contributed by atoms with Gasteiger partial charge in [0, 0.05) is 5.69 Å². The molecule has 0 heterocycles. The van der Waals surface area contributed by atoms with Gasteiger partial charge in [0.2, 0.25) is 0 Å². The Morgan fingerprint density at radius 3 is 2.24 bits per heavy atom. The molecule has 0 saturated heterocycles. The summed E-state index contributed by atoms with van der Waals surface area (Å²) in [6.45, 7) is 0. The van der Waals surface area contributed by atoms with E-state index in [-0.39, 0.29) is 10.6 Å². The summed E-state index contributed by atoms with van der Waals surface area (Å²) in [6, 6.07) is 10.2. The fraction of sp³-hybridized carbons (Fsp3) is 0. The molecule has 2 aromatic rings. The summed E-state index contributed by atoms with van der Waals surface area (Å²) in [7, 11) is 0. The van der Waals surface area contributed by atoms with Crippen LogP contribution in [0.15, 0.2) is 47.6 Å². The zero-order chi connectivity index (χ0) is 18.4. The lowest BCUT2D eigenvalue weighted by Crippen LogP contribution is -2.32. The highest BCUT2D eigenvalue weighted by Crippen LogP contribution is 2.24.